The van der Waals surface area contributed by atoms with Crippen LogP contribution in [-0.2, 0) is 9.53 Å². The maximum atomic E-state index is 13.7. The van der Waals surface area contributed by atoms with Gasteiger partial charge in [0.2, 0.25) is 5.91 Å². The van der Waals surface area contributed by atoms with Gasteiger partial charge in [0, 0.05) is 19.2 Å². The van der Waals surface area contributed by atoms with Crippen molar-refractivity contribution in [3.63, 3.8) is 0 Å². The number of amides is 2. The molecule has 2 aromatic rings. The lowest BCUT2D eigenvalue weighted by atomic mass is 10.1. The Bertz CT molecular complexity index is 834. The third-order valence-electron chi connectivity index (χ3n) is 4.12. The van der Waals surface area contributed by atoms with Gasteiger partial charge in [-0.2, -0.15) is 0 Å². The van der Waals surface area contributed by atoms with Crippen molar-refractivity contribution in [2.75, 3.05) is 23.8 Å². The van der Waals surface area contributed by atoms with Crippen LogP contribution in [-0.4, -0.2) is 31.1 Å². The molecule has 0 aromatic heterocycles. The molecule has 2 amide bonds. The number of rotatable bonds is 6. The van der Waals surface area contributed by atoms with Crippen LogP contribution in [0.25, 0.3) is 0 Å². The van der Waals surface area contributed by atoms with E-state index in [1.54, 1.807) is 24.3 Å². The van der Waals surface area contributed by atoms with Crippen LogP contribution < -0.4 is 15.4 Å². The van der Waals surface area contributed by atoms with E-state index in [9.17, 15) is 14.0 Å². The molecule has 1 fully saturated rings. The van der Waals surface area contributed by atoms with Crippen molar-refractivity contribution in [1.29, 1.82) is 0 Å². The number of hydrogen-bond acceptors (Lipinski definition) is 4. The first-order chi connectivity index (χ1) is 13.0. The SMILES string of the molecule is CC(=O)Nc1cc(NC(=O)c2ccccc2OCC2CCCO2)ccc1F. The number of benzene rings is 2. The molecule has 1 saturated heterocycles. The summed E-state index contributed by atoms with van der Waals surface area (Å²) >= 11 is 0. The van der Waals surface area contributed by atoms with Gasteiger partial charge in [-0.1, -0.05) is 12.1 Å². The molecular formula is C20H21FN2O4. The molecule has 1 atom stereocenters. The molecule has 0 saturated carbocycles. The minimum atomic E-state index is -0.580. The van der Waals surface area contributed by atoms with E-state index in [-0.39, 0.29) is 11.8 Å². The molecule has 0 radical (unpaired) electrons. The number of anilines is 2. The molecule has 7 heteroatoms. The number of carbonyl (C=O) groups is 2. The zero-order valence-electron chi connectivity index (χ0n) is 15.0. The van der Waals surface area contributed by atoms with Crippen molar-refractivity contribution >= 4 is 23.2 Å². The Morgan fingerprint density at radius 1 is 1.22 bits per heavy atom. The lowest BCUT2D eigenvalue weighted by molar-refractivity contribution is -0.114. The summed E-state index contributed by atoms with van der Waals surface area (Å²) in [6, 6.07) is 10.9. The van der Waals surface area contributed by atoms with Crippen molar-refractivity contribution in [2.24, 2.45) is 0 Å². The Morgan fingerprint density at radius 2 is 2.04 bits per heavy atom. The second kappa shape index (κ2) is 8.64. The van der Waals surface area contributed by atoms with Crippen molar-refractivity contribution in [3.8, 4) is 5.75 Å². The summed E-state index contributed by atoms with van der Waals surface area (Å²) in [5, 5.41) is 5.08. The highest BCUT2D eigenvalue weighted by molar-refractivity contribution is 6.06. The molecule has 27 heavy (non-hydrogen) atoms. The molecule has 0 spiro atoms. The molecule has 2 aromatic carbocycles. The Hall–Kier alpha value is -2.93. The van der Waals surface area contributed by atoms with Gasteiger partial charge in [0.15, 0.2) is 0 Å². The minimum absolute atomic E-state index is 0.00298. The van der Waals surface area contributed by atoms with Crippen molar-refractivity contribution < 1.29 is 23.5 Å². The van der Waals surface area contributed by atoms with Gasteiger partial charge in [0.05, 0.1) is 17.4 Å². The van der Waals surface area contributed by atoms with Gasteiger partial charge in [-0.05, 0) is 43.2 Å². The Balaban J connectivity index is 1.71. The van der Waals surface area contributed by atoms with Gasteiger partial charge in [0.25, 0.3) is 5.91 Å². The van der Waals surface area contributed by atoms with Crippen molar-refractivity contribution in [1.82, 2.24) is 0 Å². The van der Waals surface area contributed by atoms with Crippen LogP contribution in [0.2, 0.25) is 0 Å². The van der Waals surface area contributed by atoms with Crippen LogP contribution in [0.1, 0.15) is 30.1 Å². The van der Waals surface area contributed by atoms with Crippen LogP contribution in [0.15, 0.2) is 42.5 Å². The first-order valence-corrected chi connectivity index (χ1v) is 8.75. The van der Waals surface area contributed by atoms with E-state index in [2.05, 4.69) is 10.6 Å². The molecule has 142 valence electrons. The highest BCUT2D eigenvalue weighted by Crippen LogP contribution is 2.24. The molecule has 2 N–H and O–H groups in total. The summed E-state index contributed by atoms with van der Waals surface area (Å²) in [4.78, 5) is 23.8. The monoisotopic (exact) mass is 372 g/mol. The molecule has 1 unspecified atom stereocenters. The zero-order chi connectivity index (χ0) is 19.2. The van der Waals surface area contributed by atoms with Gasteiger partial charge in [-0.25, -0.2) is 4.39 Å². The highest BCUT2D eigenvalue weighted by atomic mass is 19.1. The van der Waals surface area contributed by atoms with Crippen LogP contribution in [0.4, 0.5) is 15.8 Å². The summed E-state index contributed by atoms with van der Waals surface area (Å²) < 4.78 is 25.0. The third-order valence-corrected chi connectivity index (χ3v) is 4.12. The standard InChI is InChI=1S/C20H21FN2O4/c1-13(24)22-18-11-14(8-9-17(18)21)23-20(25)16-6-2-3-7-19(16)27-12-15-5-4-10-26-15/h2-3,6-9,11,15H,4-5,10,12H2,1H3,(H,22,24)(H,23,25). The maximum absolute atomic E-state index is 13.7. The number of hydrogen-bond donors (Lipinski definition) is 2. The minimum Gasteiger partial charge on any atom is -0.490 e. The summed E-state index contributed by atoms with van der Waals surface area (Å²) in [6.45, 7) is 2.40. The molecule has 0 bridgehead atoms. The van der Waals surface area contributed by atoms with E-state index >= 15 is 0 Å². The first kappa shape index (κ1) is 18.8. The van der Waals surface area contributed by atoms with Gasteiger partial charge in [-0.15, -0.1) is 0 Å². The fourth-order valence-electron chi connectivity index (χ4n) is 2.83. The highest BCUT2D eigenvalue weighted by Gasteiger charge is 2.18. The fraction of sp³-hybridized carbons (Fsp3) is 0.300. The smallest absolute Gasteiger partial charge is 0.259 e. The normalized spacial score (nSPS) is 16.0. The fourth-order valence-corrected chi connectivity index (χ4v) is 2.83. The molecule has 3 rings (SSSR count). The van der Waals surface area contributed by atoms with Crippen molar-refractivity contribution in [2.45, 2.75) is 25.9 Å². The summed E-state index contributed by atoms with van der Waals surface area (Å²) in [6.07, 6.45) is 1.99. The second-order valence-electron chi connectivity index (χ2n) is 6.27. The van der Waals surface area contributed by atoms with Gasteiger partial charge < -0.3 is 20.1 Å². The van der Waals surface area contributed by atoms with Crippen LogP contribution >= 0.6 is 0 Å². The number of ether oxygens (including phenoxy) is 2. The topological polar surface area (TPSA) is 76.7 Å². The molecule has 1 aliphatic heterocycles. The van der Waals surface area contributed by atoms with Gasteiger partial charge in [-0.3, -0.25) is 9.59 Å². The second-order valence-corrected chi connectivity index (χ2v) is 6.27. The predicted molar refractivity (Wildman–Crippen MR) is 99.6 cm³/mol. The van der Waals surface area contributed by atoms with Crippen LogP contribution in [0.5, 0.6) is 5.75 Å². The lowest BCUT2D eigenvalue weighted by Crippen LogP contribution is -2.19. The molecule has 0 aliphatic carbocycles. The van der Waals surface area contributed by atoms with Crippen molar-refractivity contribution in [3.05, 3.63) is 53.8 Å². The van der Waals surface area contributed by atoms with Crippen LogP contribution in [0, 0.1) is 5.82 Å². The summed E-state index contributed by atoms with van der Waals surface area (Å²) in [5.74, 6) is -0.915. The molecule has 1 aliphatic rings. The Kier molecular flexibility index (Phi) is 6.03. The van der Waals surface area contributed by atoms with E-state index in [1.807, 2.05) is 0 Å². The van der Waals surface area contributed by atoms with E-state index in [0.29, 0.717) is 23.6 Å². The van der Waals surface area contributed by atoms with E-state index in [4.69, 9.17) is 9.47 Å². The molecule has 1 heterocycles. The lowest BCUT2D eigenvalue weighted by Gasteiger charge is -2.15. The zero-order valence-corrected chi connectivity index (χ0v) is 15.0. The summed E-state index contributed by atoms with van der Waals surface area (Å²) in [7, 11) is 0. The van der Waals surface area contributed by atoms with Gasteiger partial charge >= 0.3 is 0 Å². The number of nitrogens with one attached hydrogen (secondary N) is 2. The quantitative estimate of drug-likeness (QED) is 0.812. The van der Waals surface area contributed by atoms with E-state index in [0.717, 1.165) is 19.4 Å². The van der Waals surface area contributed by atoms with Gasteiger partial charge in [0.1, 0.15) is 18.2 Å². The maximum Gasteiger partial charge on any atom is 0.259 e. The largest absolute Gasteiger partial charge is 0.490 e. The van der Waals surface area contributed by atoms with Crippen LogP contribution in [0.3, 0.4) is 0 Å². The first-order valence-electron chi connectivity index (χ1n) is 8.75. The summed E-state index contributed by atoms with van der Waals surface area (Å²) in [5.41, 5.74) is 0.725. The molecule has 6 nitrogen and oxygen atoms in total. The average molecular weight is 372 g/mol. The third kappa shape index (κ3) is 5.04. The molecular weight excluding hydrogens is 351 g/mol. The predicted octanol–water partition coefficient (Wildman–Crippen LogP) is 3.59. The van der Waals surface area contributed by atoms with E-state index < -0.39 is 17.6 Å². The number of carbonyl (C=O) groups excluding carboxylic acids is 2. The number of halogens is 1. The Labute approximate surface area is 156 Å². The Morgan fingerprint density at radius 3 is 2.78 bits per heavy atom. The van der Waals surface area contributed by atoms with E-state index in [1.165, 1.54) is 25.1 Å². The average Bonchev–Trinajstić information content (AvgIpc) is 3.16. The number of para-hydroxylation sites is 1.